The maximum Gasteiger partial charge on any atom is 0.0979 e. The van der Waals surface area contributed by atoms with Gasteiger partial charge < -0.3 is 9.13 Å². The lowest BCUT2D eigenvalue weighted by atomic mass is 9.73. The predicted molar refractivity (Wildman–Crippen MR) is 178 cm³/mol. The second kappa shape index (κ2) is 8.42. The first-order valence-corrected chi connectivity index (χ1v) is 14.9. The average molecular weight is 555 g/mol. The number of hydrogen-bond donors (Lipinski definition) is 0. The van der Waals surface area contributed by atoms with Gasteiger partial charge in [-0.3, -0.25) is 9.97 Å². The quantitative estimate of drug-likeness (QED) is 0.213. The molecule has 43 heavy (non-hydrogen) atoms. The zero-order chi connectivity index (χ0) is 29.0. The molecule has 5 heterocycles. The van der Waals surface area contributed by atoms with E-state index in [4.69, 9.17) is 4.98 Å². The Hall–Kier alpha value is -5.22. The van der Waals surface area contributed by atoms with Crippen molar-refractivity contribution in [2.24, 2.45) is 0 Å². The van der Waals surface area contributed by atoms with Gasteiger partial charge in [0.15, 0.2) is 0 Å². The van der Waals surface area contributed by atoms with Gasteiger partial charge in [-0.1, -0.05) is 61.4 Å². The van der Waals surface area contributed by atoms with Gasteiger partial charge in [-0.05, 0) is 85.1 Å². The molecule has 0 saturated heterocycles. The fraction of sp³-hybridized carbons (Fsp3) is 0.128. The first kappa shape index (κ1) is 24.4. The summed E-state index contributed by atoms with van der Waals surface area (Å²) < 4.78 is 4.79. The van der Waals surface area contributed by atoms with E-state index in [1.807, 2.05) is 18.6 Å². The van der Waals surface area contributed by atoms with Crippen molar-refractivity contribution < 1.29 is 0 Å². The minimum atomic E-state index is -0.169. The van der Waals surface area contributed by atoms with Crippen molar-refractivity contribution in [3.05, 3.63) is 132 Å². The largest absolute Gasteiger partial charge is 0.309 e. The topological polar surface area (TPSA) is 35.6 Å². The Balaban J connectivity index is 1.31. The van der Waals surface area contributed by atoms with Gasteiger partial charge in [-0.2, -0.15) is 0 Å². The van der Waals surface area contributed by atoms with E-state index in [1.165, 1.54) is 55.3 Å². The smallest absolute Gasteiger partial charge is 0.0979 e. The van der Waals surface area contributed by atoms with Crippen molar-refractivity contribution in [1.82, 2.24) is 19.1 Å². The van der Waals surface area contributed by atoms with Crippen molar-refractivity contribution in [3.8, 4) is 22.5 Å². The lowest BCUT2D eigenvalue weighted by Crippen LogP contribution is -2.26. The molecule has 9 rings (SSSR count). The van der Waals surface area contributed by atoms with Gasteiger partial charge in [-0.25, -0.2) is 0 Å². The van der Waals surface area contributed by atoms with Crippen LogP contribution in [0.25, 0.3) is 66.2 Å². The summed E-state index contributed by atoms with van der Waals surface area (Å²) in [6.07, 6.45) is 5.80. The Morgan fingerprint density at radius 2 is 1.42 bits per heavy atom. The Morgan fingerprint density at radius 3 is 2.28 bits per heavy atom. The van der Waals surface area contributed by atoms with E-state index >= 15 is 0 Å². The third-order valence-corrected chi connectivity index (χ3v) is 9.50. The second-order valence-electron chi connectivity index (χ2n) is 12.6. The summed E-state index contributed by atoms with van der Waals surface area (Å²) in [5, 5.41) is 3.73. The summed E-state index contributed by atoms with van der Waals surface area (Å²) in [6.45, 7) is 9.15. The van der Waals surface area contributed by atoms with E-state index in [9.17, 15) is 0 Å². The van der Waals surface area contributed by atoms with Crippen LogP contribution in [0.15, 0.2) is 110 Å². The summed E-state index contributed by atoms with van der Waals surface area (Å²) in [6, 6.07) is 33.5. The van der Waals surface area contributed by atoms with E-state index < -0.39 is 0 Å². The zero-order valence-corrected chi connectivity index (χ0v) is 24.7. The Morgan fingerprint density at radius 1 is 0.605 bits per heavy atom. The number of nitrogens with zero attached hydrogens (tertiary/aromatic N) is 4. The summed E-state index contributed by atoms with van der Waals surface area (Å²) in [4.78, 5) is 9.46. The molecule has 0 spiro atoms. The molecule has 0 bridgehead atoms. The number of fused-ring (bicyclic) bond motifs is 8. The molecule has 4 aromatic carbocycles. The molecule has 0 amide bonds. The number of hydrogen-bond acceptors (Lipinski definition) is 2. The van der Waals surface area contributed by atoms with E-state index in [0.29, 0.717) is 0 Å². The van der Waals surface area contributed by atoms with Crippen LogP contribution in [-0.2, 0) is 5.41 Å². The molecule has 0 radical (unpaired) electrons. The Labute approximate surface area is 249 Å². The number of pyridine rings is 2. The van der Waals surface area contributed by atoms with Gasteiger partial charge in [0, 0.05) is 51.4 Å². The molecular weight excluding hydrogens is 524 g/mol. The van der Waals surface area contributed by atoms with Crippen molar-refractivity contribution in [2.75, 3.05) is 0 Å². The fourth-order valence-corrected chi connectivity index (χ4v) is 7.43. The number of aromatic nitrogens is 4. The van der Waals surface area contributed by atoms with Gasteiger partial charge >= 0.3 is 0 Å². The zero-order valence-electron chi connectivity index (χ0n) is 24.7. The maximum absolute atomic E-state index is 5.03. The van der Waals surface area contributed by atoms with Crippen molar-refractivity contribution in [3.63, 3.8) is 0 Å². The standard InChI is InChI=1S/C39H30N4/c1-23-10-12-33-28(16-23)29-17-24(2)18-32-38(29)43(33)35-13-11-25(19-31(35)39(32,3)4)26-20-36-37(41-21-26)30-22-40-15-14-34(30)42(36)27-8-6-5-7-9-27/h5-22H,1-4H3. The molecule has 1 aliphatic rings. The lowest BCUT2D eigenvalue weighted by molar-refractivity contribution is 0.630. The summed E-state index contributed by atoms with van der Waals surface area (Å²) in [5.74, 6) is 0. The van der Waals surface area contributed by atoms with Gasteiger partial charge in [0.05, 0.1) is 33.3 Å². The molecular formula is C39H30N4. The van der Waals surface area contributed by atoms with Gasteiger partial charge in [-0.15, -0.1) is 0 Å². The fourth-order valence-electron chi connectivity index (χ4n) is 7.43. The van der Waals surface area contributed by atoms with E-state index in [0.717, 1.165) is 33.2 Å². The highest BCUT2D eigenvalue weighted by Crippen LogP contribution is 2.49. The van der Waals surface area contributed by atoms with Crippen molar-refractivity contribution >= 4 is 43.7 Å². The first-order chi connectivity index (χ1) is 20.9. The molecule has 0 N–H and O–H groups in total. The maximum atomic E-state index is 5.03. The minimum absolute atomic E-state index is 0.169. The summed E-state index contributed by atoms with van der Waals surface area (Å²) in [5.41, 5.74) is 15.5. The second-order valence-corrected chi connectivity index (χ2v) is 12.6. The number of para-hydroxylation sites is 1. The highest BCUT2D eigenvalue weighted by molar-refractivity contribution is 6.12. The number of aryl methyl sites for hydroxylation is 2. The molecule has 8 aromatic rings. The predicted octanol–water partition coefficient (Wildman–Crippen LogP) is 9.59. The summed E-state index contributed by atoms with van der Waals surface area (Å²) in [7, 11) is 0. The van der Waals surface area contributed by atoms with Crippen LogP contribution in [0.3, 0.4) is 0 Å². The normalized spacial score (nSPS) is 13.8. The molecule has 0 aliphatic carbocycles. The van der Waals surface area contributed by atoms with Crippen LogP contribution in [-0.4, -0.2) is 19.1 Å². The van der Waals surface area contributed by atoms with Crippen LogP contribution in [0, 0.1) is 13.8 Å². The minimum Gasteiger partial charge on any atom is -0.309 e. The summed E-state index contributed by atoms with van der Waals surface area (Å²) >= 11 is 0. The molecule has 4 aromatic heterocycles. The van der Waals surface area contributed by atoms with Crippen LogP contribution < -0.4 is 0 Å². The molecule has 0 fully saturated rings. The third-order valence-electron chi connectivity index (χ3n) is 9.50. The lowest BCUT2D eigenvalue weighted by Gasteiger charge is -2.35. The highest BCUT2D eigenvalue weighted by atomic mass is 15.0. The van der Waals surface area contributed by atoms with E-state index in [1.54, 1.807) is 0 Å². The molecule has 206 valence electrons. The van der Waals surface area contributed by atoms with Gasteiger partial charge in [0.1, 0.15) is 0 Å². The first-order valence-electron chi connectivity index (χ1n) is 14.9. The van der Waals surface area contributed by atoms with E-state index in [2.05, 4.69) is 133 Å². The van der Waals surface area contributed by atoms with Crippen molar-refractivity contribution in [1.29, 1.82) is 0 Å². The average Bonchev–Trinajstić information content (AvgIpc) is 3.52. The van der Waals surface area contributed by atoms with Crippen LogP contribution >= 0.6 is 0 Å². The monoisotopic (exact) mass is 554 g/mol. The molecule has 0 unspecified atom stereocenters. The Bertz CT molecular complexity index is 2440. The molecule has 0 saturated carbocycles. The van der Waals surface area contributed by atoms with Crippen LogP contribution in [0.4, 0.5) is 0 Å². The molecule has 4 nitrogen and oxygen atoms in total. The SMILES string of the molecule is Cc1ccc2c(c1)c1cc(C)cc3c1n2-c1ccc(-c2cnc4c5cnccc5n(-c5ccccc5)c4c2)cc1C3(C)C. The van der Waals surface area contributed by atoms with Gasteiger partial charge in [0.25, 0.3) is 0 Å². The number of rotatable bonds is 2. The van der Waals surface area contributed by atoms with Crippen LogP contribution in [0.2, 0.25) is 0 Å². The molecule has 1 aliphatic heterocycles. The van der Waals surface area contributed by atoms with Crippen LogP contribution in [0.5, 0.6) is 0 Å². The molecule has 0 atom stereocenters. The van der Waals surface area contributed by atoms with Crippen molar-refractivity contribution in [2.45, 2.75) is 33.1 Å². The molecule has 4 heteroatoms. The number of benzene rings is 4. The Kier molecular flexibility index (Phi) is 4.78. The third kappa shape index (κ3) is 3.26. The highest BCUT2D eigenvalue weighted by Gasteiger charge is 2.35. The van der Waals surface area contributed by atoms with E-state index in [-0.39, 0.29) is 5.41 Å². The van der Waals surface area contributed by atoms with Crippen LogP contribution in [0.1, 0.15) is 36.1 Å². The van der Waals surface area contributed by atoms with Gasteiger partial charge in [0.2, 0.25) is 0 Å².